The highest BCUT2D eigenvalue weighted by molar-refractivity contribution is 5.93. The summed E-state index contributed by atoms with van der Waals surface area (Å²) in [6.45, 7) is 4.99. The van der Waals surface area contributed by atoms with Crippen LogP contribution in [-0.4, -0.2) is 41.7 Å². The van der Waals surface area contributed by atoms with Crippen LogP contribution in [0.25, 0.3) is 0 Å². The van der Waals surface area contributed by atoms with E-state index in [0.29, 0.717) is 37.5 Å². The van der Waals surface area contributed by atoms with Crippen molar-refractivity contribution >= 4 is 11.9 Å². The summed E-state index contributed by atoms with van der Waals surface area (Å²) in [7, 11) is 0. The van der Waals surface area contributed by atoms with Crippen molar-refractivity contribution in [3.63, 3.8) is 0 Å². The first-order valence-electron chi connectivity index (χ1n) is 10.3. The van der Waals surface area contributed by atoms with Crippen molar-refractivity contribution in [3.8, 4) is 11.6 Å². The van der Waals surface area contributed by atoms with Crippen molar-refractivity contribution in [2.75, 3.05) is 19.8 Å². The third-order valence-electron chi connectivity index (χ3n) is 4.60. The summed E-state index contributed by atoms with van der Waals surface area (Å²) < 4.78 is 10.9. The van der Waals surface area contributed by atoms with Gasteiger partial charge in [-0.1, -0.05) is 31.9 Å². The van der Waals surface area contributed by atoms with Gasteiger partial charge in [0.05, 0.1) is 24.6 Å². The second-order valence-electron chi connectivity index (χ2n) is 6.95. The zero-order chi connectivity index (χ0) is 21.8. The summed E-state index contributed by atoms with van der Waals surface area (Å²) in [5.41, 5.74) is 1.43. The standard InChI is InChI=1S/C23H30N2O5/c1-3-5-6-18(23(28)29-4-2)15-17-7-10-20(11-8-17)30-14-13-24-22(27)19-9-12-21(26)25-16-19/h7-12,16,18H,3-6,13-15H2,1-2H3,(H,24,27)(H,25,26). The number of amides is 1. The predicted molar refractivity (Wildman–Crippen MR) is 114 cm³/mol. The Morgan fingerprint density at radius 2 is 1.90 bits per heavy atom. The number of pyridine rings is 1. The maximum atomic E-state index is 12.2. The van der Waals surface area contributed by atoms with Crippen LogP contribution in [0.2, 0.25) is 0 Å². The van der Waals surface area contributed by atoms with Gasteiger partial charge in [0.15, 0.2) is 0 Å². The zero-order valence-electron chi connectivity index (χ0n) is 17.6. The maximum Gasteiger partial charge on any atom is 0.309 e. The largest absolute Gasteiger partial charge is 0.493 e. The van der Waals surface area contributed by atoms with Crippen molar-refractivity contribution in [1.82, 2.24) is 10.3 Å². The Morgan fingerprint density at radius 1 is 1.13 bits per heavy atom. The number of esters is 1. The first-order chi connectivity index (χ1) is 14.5. The van der Waals surface area contributed by atoms with Gasteiger partial charge in [0, 0.05) is 12.3 Å². The Morgan fingerprint density at radius 3 is 2.53 bits per heavy atom. The van der Waals surface area contributed by atoms with E-state index in [9.17, 15) is 9.59 Å². The van der Waals surface area contributed by atoms with Gasteiger partial charge in [-0.3, -0.25) is 9.59 Å². The number of carbonyl (C=O) groups is 2. The zero-order valence-corrected chi connectivity index (χ0v) is 17.6. The van der Waals surface area contributed by atoms with Crippen LogP contribution in [0.1, 0.15) is 49.0 Å². The molecule has 7 heteroatoms. The van der Waals surface area contributed by atoms with E-state index in [4.69, 9.17) is 14.6 Å². The lowest BCUT2D eigenvalue weighted by Crippen LogP contribution is -2.28. The van der Waals surface area contributed by atoms with Gasteiger partial charge < -0.3 is 19.9 Å². The van der Waals surface area contributed by atoms with Crippen LogP contribution < -0.4 is 10.1 Å². The third-order valence-corrected chi connectivity index (χ3v) is 4.60. The number of nitrogens with one attached hydrogen (secondary N) is 1. The molecule has 0 spiro atoms. The van der Waals surface area contributed by atoms with Crippen LogP contribution >= 0.6 is 0 Å². The molecule has 0 radical (unpaired) electrons. The Hall–Kier alpha value is -3.09. The monoisotopic (exact) mass is 414 g/mol. The van der Waals surface area contributed by atoms with E-state index >= 15 is 0 Å². The number of benzene rings is 1. The first kappa shape index (κ1) is 23.2. The Kier molecular flexibility index (Phi) is 9.64. The molecule has 162 valence electrons. The molecule has 7 nitrogen and oxygen atoms in total. The number of hydrogen-bond acceptors (Lipinski definition) is 6. The second-order valence-corrected chi connectivity index (χ2v) is 6.95. The van der Waals surface area contributed by atoms with Crippen molar-refractivity contribution in [2.24, 2.45) is 5.92 Å². The van der Waals surface area contributed by atoms with Crippen LogP contribution in [-0.2, 0) is 16.0 Å². The highest BCUT2D eigenvalue weighted by atomic mass is 16.5. The van der Waals surface area contributed by atoms with E-state index in [0.717, 1.165) is 24.8 Å². The van der Waals surface area contributed by atoms with Crippen molar-refractivity contribution in [1.29, 1.82) is 0 Å². The van der Waals surface area contributed by atoms with E-state index in [-0.39, 0.29) is 23.7 Å². The minimum Gasteiger partial charge on any atom is -0.493 e. The molecule has 0 saturated carbocycles. The highest BCUT2D eigenvalue weighted by Gasteiger charge is 2.19. The number of nitrogens with zero attached hydrogens (tertiary/aromatic N) is 1. The van der Waals surface area contributed by atoms with E-state index in [1.54, 1.807) is 0 Å². The molecule has 1 unspecified atom stereocenters. The van der Waals surface area contributed by atoms with Gasteiger partial charge in [-0.2, -0.15) is 0 Å². The summed E-state index contributed by atoms with van der Waals surface area (Å²) in [5, 5.41) is 11.9. The van der Waals surface area contributed by atoms with Crippen molar-refractivity contribution in [2.45, 2.75) is 39.5 Å². The van der Waals surface area contributed by atoms with Crippen molar-refractivity contribution < 1.29 is 24.2 Å². The van der Waals surface area contributed by atoms with Gasteiger partial charge in [-0.25, -0.2) is 4.98 Å². The maximum absolute atomic E-state index is 12.2. The molecule has 0 aliphatic heterocycles. The molecular formula is C23H30N2O5. The Balaban J connectivity index is 1.78. The lowest BCUT2D eigenvalue weighted by molar-refractivity contribution is -0.148. The van der Waals surface area contributed by atoms with Gasteiger partial charge in [-0.05, 0) is 43.5 Å². The van der Waals surface area contributed by atoms with Gasteiger partial charge >= 0.3 is 5.97 Å². The van der Waals surface area contributed by atoms with Crippen LogP contribution in [0.4, 0.5) is 0 Å². The average molecular weight is 415 g/mol. The molecule has 0 fully saturated rings. The minimum absolute atomic E-state index is 0.124. The van der Waals surface area contributed by atoms with E-state index in [1.807, 2.05) is 31.2 Å². The molecule has 30 heavy (non-hydrogen) atoms. The molecule has 1 amide bonds. The molecule has 1 aromatic heterocycles. The van der Waals surface area contributed by atoms with Crippen LogP contribution in [0.3, 0.4) is 0 Å². The molecule has 0 aliphatic carbocycles. The van der Waals surface area contributed by atoms with Gasteiger partial charge in [0.1, 0.15) is 12.4 Å². The highest BCUT2D eigenvalue weighted by Crippen LogP contribution is 2.20. The minimum atomic E-state index is -0.279. The molecular weight excluding hydrogens is 384 g/mol. The summed E-state index contributed by atoms with van der Waals surface area (Å²) in [6, 6.07) is 10.5. The molecule has 1 heterocycles. The first-order valence-corrected chi connectivity index (χ1v) is 10.3. The fourth-order valence-corrected chi connectivity index (χ4v) is 2.98. The SMILES string of the molecule is CCCCC(Cc1ccc(OCCNC(=O)c2ccc(O)nc2)cc1)C(=O)OCC. The van der Waals surface area contributed by atoms with Gasteiger partial charge in [0.25, 0.3) is 5.91 Å². The molecule has 0 aliphatic rings. The quantitative estimate of drug-likeness (QED) is 0.407. The van der Waals surface area contributed by atoms with Crippen LogP contribution in [0.15, 0.2) is 42.6 Å². The number of aromatic nitrogens is 1. The number of aromatic hydroxyl groups is 1. The Bertz CT molecular complexity index is 790. The van der Waals surface area contributed by atoms with Gasteiger partial charge in [-0.15, -0.1) is 0 Å². The molecule has 0 saturated heterocycles. The fourth-order valence-electron chi connectivity index (χ4n) is 2.98. The van der Waals surface area contributed by atoms with E-state index in [1.165, 1.54) is 18.3 Å². The molecule has 2 rings (SSSR count). The lowest BCUT2D eigenvalue weighted by atomic mass is 9.94. The number of rotatable bonds is 12. The fraction of sp³-hybridized carbons (Fsp3) is 0.435. The third kappa shape index (κ3) is 7.73. The van der Waals surface area contributed by atoms with Gasteiger partial charge in [0.2, 0.25) is 5.88 Å². The van der Waals surface area contributed by atoms with E-state index < -0.39 is 0 Å². The van der Waals surface area contributed by atoms with Crippen molar-refractivity contribution in [3.05, 3.63) is 53.7 Å². The molecule has 2 aromatic rings. The molecule has 2 N–H and O–H groups in total. The second kappa shape index (κ2) is 12.5. The summed E-state index contributed by atoms with van der Waals surface area (Å²) in [4.78, 5) is 27.8. The topological polar surface area (TPSA) is 97.8 Å². The van der Waals surface area contributed by atoms with E-state index in [2.05, 4.69) is 17.2 Å². The van der Waals surface area contributed by atoms with Crippen LogP contribution in [0, 0.1) is 5.92 Å². The predicted octanol–water partition coefficient (Wildman–Crippen LogP) is 3.51. The normalized spacial score (nSPS) is 11.5. The number of ether oxygens (including phenoxy) is 2. The van der Waals surface area contributed by atoms with Crippen LogP contribution in [0.5, 0.6) is 11.6 Å². The Labute approximate surface area is 177 Å². The molecule has 0 bridgehead atoms. The number of unbranched alkanes of at least 4 members (excludes halogenated alkanes) is 1. The number of hydrogen-bond donors (Lipinski definition) is 2. The smallest absolute Gasteiger partial charge is 0.309 e. The summed E-state index contributed by atoms with van der Waals surface area (Å²) in [6.07, 6.45) is 4.83. The lowest BCUT2D eigenvalue weighted by Gasteiger charge is -2.15. The average Bonchev–Trinajstić information content (AvgIpc) is 2.75. The number of carbonyl (C=O) groups excluding carboxylic acids is 2. The molecule has 1 aromatic carbocycles. The molecule has 1 atom stereocenters. The summed E-state index contributed by atoms with van der Waals surface area (Å²) >= 11 is 0. The summed E-state index contributed by atoms with van der Waals surface area (Å²) in [5.74, 6) is 0.0310.